The molecule has 0 radical (unpaired) electrons. The highest BCUT2D eigenvalue weighted by Crippen LogP contribution is 2.40. The van der Waals surface area contributed by atoms with E-state index in [4.69, 9.17) is 16.6 Å². The van der Waals surface area contributed by atoms with Gasteiger partial charge in [-0.2, -0.15) is 0 Å². The number of hydrogen-bond acceptors (Lipinski definition) is 1. The number of halogens is 1. The second kappa shape index (κ2) is 4.84. The van der Waals surface area contributed by atoms with Crippen LogP contribution in [-0.2, 0) is 12.8 Å². The zero-order chi connectivity index (χ0) is 15.4. The zero-order valence-corrected chi connectivity index (χ0v) is 13.3. The van der Waals surface area contributed by atoms with Crippen molar-refractivity contribution in [3.63, 3.8) is 0 Å². The van der Waals surface area contributed by atoms with Crippen LogP contribution in [-0.4, -0.2) is 9.97 Å². The number of H-pyrrole nitrogens is 1. The van der Waals surface area contributed by atoms with Gasteiger partial charge in [0.25, 0.3) is 0 Å². The predicted molar refractivity (Wildman–Crippen MR) is 96.1 cm³/mol. The second-order valence-corrected chi connectivity index (χ2v) is 6.53. The van der Waals surface area contributed by atoms with Gasteiger partial charge in [-0.05, 0) is 42.5 Å². The average molecular weight is 319 g/mol. The minimum absolute atomic E-state index is 0.858. The number of fused-ring (bicyclic) bond motifs is 6. The standard InChI is InChI=1S/C20H15ClN2/c21-18-14-7-2-4-11-17(14)23-20-15(18)9-5-8-13-12-6-1-3-10-16(12)22-19(13)20/h1-4,6-7,10-11,22H,5,8-9H2. The molecule has 0 spiro atoms. The summed E-state index contributed by atoms with van der Waals surface area (Å²) in [5.74, 6) is 0. The Morgan fingerprint density at radius 2 is 1.61 bits per heavy atom. The molecular weight excluding hydrogens is 304 g/mol. The van der Waals surface area contributed by atoms with Crippen molar-refractivity contribution in [3.8, 4) is 11.4 Å². The van der Waals surface area contributed by atoms with E-state index in [0.29, 0.717) is 0 Å². The molecule has 0 saturated heterocycles. The van der Waals surface area contributed by atoms with Crippen molar-refractivity contribution in [1.82, 2.24) is 9.97 Å². The molecule has 1 aliphatic carbocycles. The van der Waals surface area contributed by atoms with Crippen LogP contribution < -0.4 is 0 Å². The Labute approximate surface area is 139 Å². The highest BCUT2D eigenvalue weighted by atomic mass is 35.5. The van der Waals surface area contributed by atoms with Gasteiger partial charge in [-0.15, -0.1) is 0 Å². The third kappa shape index (κ3) is 1.85. The molecule has 2 aromatic carbocycles. The van der Waals surface area contributed by atoms with E-state index in [1.165, 1.54) is 22.0 Å². The van der Waals surface area contributed by atoms with Gasteiger partial charge in [-0.1, -0.05) is 48.0 Å². The average Bonchev–Trinajstić information content (AvgIpc) is 2.86. The zero-order valence-electron chi connectivity index (χ0n) is 12.6. The lowest BCUT2D eigenvalue weighted by Crippen LogP contribution is -1.95. The van der Waals surface area contributed by atoms with E-state index in [2.05, 4.69) is 35.3 Å². The lowest BCUT2D eigenvalue weighted by atomic mass is 10.0. The van der Waals surface area contributed by atoms with E-state index in [-0.39, 0.29) is 0 Å². The van der Waals surface area contributed by atoms with E-state index >= 15 is 0 Å². The highest BCUT2D eigenvalue weighted by molar-refractivity contribution is 6.36. The largest absolute Gasteiger partial charge is 0.353 e. The molecule has 5 rings (SSSR count). The Morgan fingerprint density at radius 3 is 2.52 bits per heavy atom. The number of aromatic amines is 1. The first kappa shape index (κ1) is 13.1. The molecule has 2 heterocycles. The van der Waals surface area contributed by atoms with E-state index in [1.54, 1.807) is 0 Å². The van der Waals surface area contributed by atoms with Crippen molar-refractivity contribution < 1.29 is 0 Å². The lowest BCUT2D eigenvalue weighted by molar-refractivity contribution is 0.839. The van der Waals surface area contributed by atoms with E-state index in [0.717, 1.165) is 46.6 Å². The summed E-state index contributed by atoms with van der Waals surface area (Å²) in [6.45, 7) is 0. The molecule has 112 valence electrons. The number of hydrogen-bond donors (Lipinski definition) is 1. The summed E-state index contributed by atoms with van der Waals surface area (Å²) < 4.78 is 0. The van der Waals surface area contributed by atoms with Crippen molar-refractivity contribution in [3.05, 3.63) is 64.7 Å². The summed E-state index contributed by atoms with van der Waals surface area (Å²) in [7, 11) is 0. The molecule has 0 unspecified atom stereocenters. The summed E-state index contributed by atoms with van der Waals surface area (Å²) in [6.07, 6.45) is 3.13. The van der Waals surface area contributed by atoms with E-state index < -0.39 is 0 Å². The first-order chi connectivity index (χ1) is 11.3. The maximum absolute atomic E-state index is 6.74. The van der Waals surface area contributed by atoms with Crippen LogP contribution in [0.15, 0.2) is 48.5 Å². The first-order valence-corrected chi connectivity index (χ1v) is 8.38. The van der Waals surface area contributed by atoms with Crippen LogP contribution in [0, 0.1) is 0 Å². The number of para-hydroxylation sites is 2. The molecule has 3 heteroatoms. The molecule has 0 bridgehead atoms. The molecule has 4 aromatic rings. The maximum atomic E-state index is 6.74. The SMILES string of the molecule is Clc1c2c(nc3ccccc13)-c1[nH]c3ccccc3c1CCC2. The van der Waals surface area contributed by atoms with Crippen molar-refractivity contribution in [1.29, 1.82) is 0 Å². The summed E-state index contributed by atoms with van der Waals surface area (Å²) in [5, 5.41) is 3.21. The van der Waals surface area contributed by atoms with Crippen LogP contribution in [0.3, 0.4) is 0 Å². The minimum atomic E-state index is 0.858. The highest BCUT2D eigenvalue weighted by Gasteiger charge is 2.23. The van der Waals surface area contributed by atoms with Crippen LogP contribution in [0.2, 0.25) is 5.02 Å². The second-order valence-electron chi connectivity index (χ2n) is 6.15. The molecule has 0 atom stereocenters. The minimum Gasteiger partial charge on any atom is -0.353 e. The molecule has 0 fully saturated rings. The fourth-order valence-corrected chi connectivity index (χ4v) is 4.09. The normalized spacial score (nSPS) is 13.8. The molecule has 2 nitrogen and oxygen atoms in total. The van der Waals surface area contributed by atoms with Crippen molar-refractivity contribution in [2.24, 2.45) is 0 Å². The van der Waals surface area contributed by atoms with Gasteiger partial charge in [0.05, 0.1) is 21.9 Å². The van der Waals surface area contributed by atoms with Gasteiger partial charge in [0, 0.05) is 16.3 Å². The molecule has 0 amide bonds. The molecule has 1 N–H and O–H groups in total. The van der Waals surface area contributed by atoms with E-state index in [9.17, 15) is 0 Å². The molecule has 1 aliphatic rings. The summed E-state index contributed by atoms with van der Waals surface area (Å²) in [5.41, 5.74) is 6.86. The number of pyridine rings is 1. The number of aromatic nitrogens is 2. The van der Waals surface area contributed by atoms with Gasteiger partial charge in [0.2, 0.25) is 0 Å². The lowest BCUT2D eigenvalue weighted by Gasteiger charge is -2.11. The van der Waals surface area contributed by atoms with Gasteiger partial charge in [0.15, 0.2) is 0 Å². The van der Waals surface area contributed by atoms with Gasteiger partial charge in [-0.3, -0.25) is 0 Å². The van der Waals surface area contributed by atoms with Crippen molar-refractivity contribution in [2.45, 2.75) is 19.3 Å². The van der Waals surface area contributed by atoms with Gasteiger partial charge in [0.1, 0.15) is 0 Å². The Hall–Kier alpha value is -2.32. The fraction of sp³-hybridized carbons (Fsp3) is 0.150. The van der Waals surface area contributed by atoms with Gasteiger partial charge < -0.3 is 4.98 Å². The Balaban J connectivity index is 1.91. The molecular formula is C20H15ClN2. The molecule has 0 aliphatic heterocycles. The van der Waals surface area contributed by atoms with Gasteiger partial charge in [-0.25, -0.2) is 4.98 Å². The molecule has 23 heavy (non-hydrogen) atoms. The van der Waals surface area contributed by atoms with E-state index in [1.807, 2.05) is 18.2 Å². The summed E-state index contributed by atoms with van der Waals surface area (Å²) in [6, 6.07) is 16.6. The quantitative estimate of drug-likeness (QED) is 0.454. The topological polar surface area (TPSA) is 28.7 Å². The number of aryl methyl sites for hydroxylation is 1. The number of nitrogens with one attached hydrogen (secondary N) is 1. The fourth-order valence-electron chi connectivity index (χ4n) is 3.75. The number of rotatable bonds is 0. The predicted octanol–water partition coefficient (Wildman–Crippen LogP) is 5.53. The summed E-state index contributed by atoms with van der Waals surface area (Å²) >= 11 is 6.74. The third-order valence-electron chi connectivity index (χ3n) is 4.83. The Morgan fingerprint density at radius 1 is 0.870 bits per heavy atom. The number of nitrogens with zero attached hydrogens (tertiary/aromatic N) is 1. The van der Waals surface area contributed by atoms with Crippen LogP contribution in [0.5, 0.6) is 0 Å². The first-order valence-electron chi connectivity index (χ1n) is 8.00. The molecule has 2 aromatic heterocycles. The third-order valence-corrected chi connectivity index (χ3v) is 5.26. The number of benzene rings is 2. The maximum Gasteiger partial charge on any atom is 0.0922 e. The van der Waals surface area contributed by atoms with Crippen LogP contribution in [0.1, 0.15) is 17.5 Å². The monoisotopic (exact) mass is 318 g/mol. The van der Waals surface area contributed by atoms with Crippen LogP contribution in [0.4, 0.5) is 0 Å². The van der Waals surface area contributed by atoms with Crippen LogP contribution >= 0.6 is 11.6 Å². The van der Waals surface area contributed by atoms with Crippen molar-refractivity contribution >= 4 is 33.4 Å². The van der Waals surface area contributed by atoms with Crippen LogP contribution in [0.25, 0.3) is 33.2 Å². The van der Waals surface area contributed by atoms with Gasteiger partial charge >= 0.3 is 0 Å². The smallest absolute Gasteiger partial charge is 0.0922 e. The van der Waals surface area contributed by atoms with Crippen molar-refractivity contribution in [2.75, 3.05) is 0 Å². The molecule has 0 saturated carbocycles. The Bertz CT molecular complexity index is 1060. The Kier molecular flexibility index (Phi) is 2.77. The summed E-state index contributed by atoms with van der Waals surface area (Å²) in [4.78, 5) is 8.54.